The van der Waals surface area contributed by atoms with Crippen molar-refractivity contribution < 1.29 is 14.3 Å². The molecule has 3 aromatic rings. The Bertz CT molecular complexity index is 1050. The minimum atomic E-state index is -0.362. The highest BCUT2D eigenvalue weighted by Crippen LogP contribution is 2.31. The van der Waals surface area contributed by atoms with Gasteiger partial charge in [0.2, 0.25) is 5.91 Å². The molecule has 2 heterocycles. The molecule has 1 atom stereocenters. The number of imide groups is 1. The van der Waals surface area contributed by atoms with E-state index in [9.17, 15) is 9.59 Å². The van der Waals surface area contributed by atoms with Crippen molar-refractivity contribution in [3.63, 3.8) is 0 Å². The van der Waals surface area contributed by atoms with Gasteiger partial charge in [-0.2, -0.15) is 0 Å². The zero-order chi connectivity index (χ0) is 19.5. The summed E-state index contributed by atoms with van der Waals surface area (Å²) >= 11 is 1.07. The third kappa shape index (κ3) is 3.87. The van der Waals surface area contributed by atoms with Gasteiger partial charge in [0.1, 0.15) is 11.5 Å². The molecular weight excluding hydrogens is 372 g/mol. The van der Waals surface area contributed by atoms with Crippen LogP contribution < -0.4 is 10.1 Å². The van der Waals surface area contributed by atoms with Crippen LogP contribution in [-0.4, -0.2) is 21.4 Å². The van der Waals surface area contributed by atoms with Crippen LogP contribution >= 0.6 is 11.8 Å². The van der Waals surface area contributed by atoms with Crippen LogP contribution in [0.5, 0.6) is 11.5 Å². The number of amides is 2. The van der Waals surface area contributed by atoms with Gasteiger partial charge in [0.05, 0.1) is 10.8 Å². The maximum absolute atomic E-state index is 11.9. The van der Waals surface area contributed by atoms with E-state index in [0.29, 0.717) is 6.42 Å². The molecule has 1 unspecified atom stereocenters. The molecule has 1 aliphatic rings. The molecule has 0 aliphatic carbocycles. The lowest BCUT2D eigenvalue weighted by atomic mass is 9.98. The number of nitrogens with one attached hydrogen (secondary N) is 1. The summed E-state index contributed by atoms with van der Waals surface area (Å²) in [7, 11) is 0. The summed E-state index contributed by atoms with van der Waals surface area (Å²) in [5.74, 6) is 1.31. The standard InChI is InChI=1S/C22H20N2O3S/c1-2-5-14-12-16(9-8-15(14)13-20-21(25)24-22(26)28-20)27-19-10-11-23-18-7-4-3-6-17(18)19/h3-4,6-12,20H,2,5,13H2,1H3,(H,24,25,26). The fourth-order valence-electron chi connectivity index (χ4n) is 3.38. The SMILES string of the molecule is CCCc1cc(Oc2ccnc3ccccc23)ccc1CC1SC(=O)NC1=O. The lowest BCUT2D eigenvalue weighted by Gasteiger charge is -2.14. The summed E-state index contributed by atoms with van der Waals surface area (Å²) in [6.45, 7) is 2.12. The van der Waals surface area contributed by atoms with E-state index in [1.165, 1.54) is 0 Å². The monoisotopic (exact) mass is 392 g/mol. The van der Waals surface area contributed by atoms with E-state index < -0.39 is 0 Å². The molecule has 1 aliphatic heterocycles. The Labute approximate surface area is 167 Å². The smallest absolute Gasteiger partial charge is 0.286 e. The van der Waals surface area contributed by atoms with Crippen molar-refractivity contribution in [2.24, 2.45) is 0 Å². The fourth-order valence-corrected chi connectivity index (χ4v) is 4.23. The second kappa shape index (κ2) is 8.02. The molecule has 0 bridgehead atoms. The third-order valence-electron chi connectivity index (χ3n) is 4.71. The first-order valence-electron chi connectivity index (χ1n) is 9.29. The van der Waals surface area contributed by atoms with Crippen molar-refractivity contribution in [1.29, 1.82) is 0 Å². The average Bonchev–Trinajstić information content (AvgIpc) is 3.01. The minimum absolute atomic E-state index is 0.207. The molecule has 2 amide bonds. The predicted molar refractivity (Wildman–Crippen MR) is 111 cm³/mol. The number of rotatable bonds is 6. The lowest BCUT2D eigenvalue weighted by Crippen LogP contribution is -2.25. The van der Waals surface area contributed by atoms with Gasteiger partial charge in [-0.25, -0.2) is 0 Å². The van der Waals surface area contributed by atoms with Crippen LogP contribution in [0.2, 0.25) is 0 Å². The highest BCUT2D eigenvalue weighted by Gasteiger charge is 2.32. The maximum atomic E-state index is 11.9. The first-order valence-corrected chi connectivity index (χ1v) is 10.2. The van der Waals surface area contributed by atoms with Crippen molar-refractivity contribution in [2.75, 3.05) is 0 Å². The van der Waals surface area contributed by atoms with Crippen LogP contribution in [-0.2, 0) is 17.6 Å². The largest absolute Gasteiger partial charge is 0.457 e. The van der Waals surface area contributed by atoms with Gasteiger partial charge in [-0.05, 0) is 54.3 Å². The van der Waals surface area contributed by atoms with Crippen molar-refractivity contribution in [2.45, 2.75) is 31.4 Å². The number of aromatic nitrogens is 1. The van der Waals surface area contributed by atoms with E-state index in [0.717, 1.165) is 58.1 Å². The van der Waals surface area contributed by atoms with Crippen LogP contribution in [0.1, 0.15) is 24.5 Å². The zero-order valence-corrected chi connectivity index (χ0v) is 16.3. The highest BCUT2D eigenvalue weighted by molar-refractivity contribution is 8.15. The number of ether oxygens (including phenoxy) is 1. The van der Waals surface area contributed by atoms with E-state index in [4.69, 9.17) is 4.74 Å². The van der Waals surface area contributed by atoms with Crippen LogP contribution in [0.3, 0.4) is 0 Å². The van der Waals surface area contributed by atoms with Gasteiger partial charge in [-0.15, -0.1) is 0 Å². The molecule has 6 heteroatoms. The molecule has 0 saturated carbocycles. The fraction of sp³-hybridized carbons (Fsp3) is 0.227. The maximum Gasteiger partial charge on any atom is 0.286 e. The molecule has 1 saturated heterocycles. The number of nitrogens with zero attached hydrogens (tertiary/aromatic N) is 1. The van der Waals surface area contributed by atoms with Gasteiger partial charge in [-0.3, -0.25) is 19.9 Å². The van der Waals surface area contributed by atoms with Crippen molar-refractivity contribution in [1.82, 2.24) is 10.3 Å². The average molecular weight is 392 g/mol. The molecule has 5 nitrogen and oxygen atoms in total. The van der Waals surface area contributed by atoms with Crippen molar-refractivity contribution in [3.8, 4) is 11.5 Å². The molecular formula is C22H20N2O3S. The first-order chi connectivity index (χ1) is 13.6. The molecule has 0 radical (unpaired) electrons. The summed E-state index contributed by atoms with van der Waals surface area (Å²) in [6.07, 6.45) is 4.15. The summed E-state index contributed by atoms with van der Waals surface area (Å²) in [5.41, 5.74) is 3.11. The van der Waals surface area contributed by atoms with E-state index in [-0.39, 0.29) is 16.4 Å². The van der Waals surface area contributed by atoms with Gasteiger partial charge in [0.25, 0.3) is 5.24 Å². The number of hydrogen-bond donors (Lipinski definition) is 1. The topological polar surface area (TPSA) is 68.3 Å². The van der Waals surface area contributed by atoms with Gasteiger partial charge in [0.15, 0.2) is 0 Å². The number of aryl methyl sites for hydroxylation is 1. The Morgan fingerprint density at radius 3 is 2.75 bits per heavy atom. The Kier molecular flexibility index (Phi) is 5.30. The zero-order valence-electron chi connectivity index (χ0n) is 15.5. The quantitative estimate of drug-likeness (QED) is 0.648. The number of fused-ring (bicyclic) bond motifs is 1. The lowest BCUT2D eigenvalue weighted by molar-refractivity contribution is -0.118. The second-order valence-corrected chi connectivity index (χ2v) is 7.87. The van der Waals surface area contributed by atoms with Gasteiger partial charge in [0, 0.05) is 11.6 Å². The molecule has 4 rings (SSSR count). The predicted octanol–water partition coefficient (Wildman–Crippen LogP) is 4.87. The minimum Gasteiger partial charge on any atom is -0.457 e. The van der Waals surface area contributed by atoms with Gasteiger partial charge in [-0.1, -0.05) is 43.3 Å². The van der Waals surface area contributed by atoms with Crippen LogP contribution in [0.25, 0.3) is 10.9 Å². The number of para-hydroxylation sites is 1. The summed E-state index contributed by atoms with van der Waals surface area (Å²) in [4.78, 5) is 27.7. The summed E-state index contributed by atoms with van der Waals surface area (Å²) < 4.78 is 6.16. The third-order valence-corrected chi connectivity index (χ3v) is 5.69. The summed E-state index contributed by atoms with van der Waals surface area (Å²) in [5, 5.41) is 2.69. The normalized spacial score (nSPS) is 16.4. The molecule has 1 N–H and O–H groups in total. The summed E-state index contributed by atoms with van der Waals surface area (Å²) in [6, 6.07) is 15.7. The first kappa shape index (κ1) is 18.5. The van der Waals surface area contributed by atoms with E-state index in [1.807, 2.05) is 48.5 Å². The Hall–Kier alpha value is -2.86. The van der Waals surface area contributed by atoms with E-state index in [1.54, 1.807) is 6.20 Å². The Morgan fingerprint density at radius 2 is 1.96 bits per heavy atom. The van der Waals surface area contributed by atoms with E-state index >= 15 is 0 Å². The Balaban J connectivity index is 1.61. The number of hydrogen-bond acceptors (Lipinski definition) is 5. The number of pyridine rings is 1. The number of carbonyl (C=O) groups excluding carboxylic acids is 2. The van der Waals surface area contributed by atoms with Gasteiger partial charge < -0.3 is 4.74 Å². The van der Waals surface area contributed by atoms with E-state index in [2.05, 4.69) is 17.2 Å². The van der Waals surface area contributed by atoms with Crippen molar-refractivity contribution >= 4 is 33.8 Å². The second-order valence-electron chi connectivity index (χ2n) is 6.70. The number of carbonyl (C=O) groups is 2. The molecule has 1 aromatic heterocycles. The number of benzene rings is 2. The highest BCUT2D eigenvalue weighted by atomic mass is 32.2. The Morgan fingerprint density at radius 1 is 1.11 bits per heavy atom. The molecule has 142 valence electrons. The molecule has 0 spiro atoms. The number of thioether (sulfide) groups is 1. The van der Waals surface area contributed by atoms with Gasteiger partial charge >= 0.3 is 0 Å². The van der Waals surface area contributed by atoms with Crippen LogP contribution in [0.15, 0.2) is 54.7 Å². The molecule has 28 heavy (non-hydrogen) atoms. The molecule has 2 aromatic carbocycles. The van der Waals surface area contributed by atoms with Crippen LogP contribution in [0, 0.1) is 0 Å². The van der Waals surface area contributed by atoms with Crippen molar-refractivity contribution in [3.05, 3.63) is 65.9 Å². The van der Waals surface area contributed by atoms with Crippen LogP contribution in [0.4, 0.5) is 4.79 Å². The molecule has 1 fully saturated rings.